The summed E-state index contributed by atoms with van der Waals surface area (Å²) in [5.74, 6) is -2.41. The van der Waals surface area contributed by atoms with E-state index in [0.717, 1.165) is 0 Å². The molecule has 2 N–H and O–H groups in total. The number of hydrogen-bond acceptors (Lipinski definition) is 2. The molecule has 16 heavy (non-hydrogen) atoms. The van der Waals surface area contributed by atoms with Crippen LogP contribution in [0.1, 0.15) is 18.9 Å². The maximum absolute atomic E-state index is 11.1. The molecule has 0 atom stereocenters. The number of aliphatic carboxylic acids is 2. The molecule has 0 saturated heterocycles. The first-order valence-corrected chi connectivity index (χ1v) is 4.83. The van der Waals surface area contributed by atoms with Gasteiger partial charge >= 0.3 is 11.9 Å². The van der Waals surface area contributed by atoms with Gasteiger partial charge in [0.2, 0.25) is 0 Å². The lowest BCUT2D eigenvalue weighted by Crippen LogP contribution is -2.10. The molecule has 4 heteroatoms. The Morgan fingerprint density at radius 3 is 2.00 bits per heavy atom. The van der Waals surface area contributed by atoms with Gasteiger partial charge in [0.15, 0.2) is 0 Å². The Balaban J connectivity index is 3.40. The summed E-state index contributed by atoms with van der Waals surface area (Å²) in [6.07, 6.45) is 0.172. The van der Waals surface area contributed by atoms with Crippen LogP contribution in [0.3, 0.4) is 0 Å². The Hall–Kier alpha value is -2.10. The molecular formula is C12H12O4. The van der Waals surface area contributed by atoms with Crippen LogP contribution in [0.2, 0.25) is 0 Å². The summed E-state index contributed by atoms with van der Waals surface area (Å²) in [6.45, 7) is 1.62. The number of carboxylic acid groups (broad SMARTS) is 2. The van der Waals surface area contributed by atoms with Gasteiger partial charge in [-0.1, -0.05) is 37.3 Å². The van der Waals surface area contributed by atoms with E-state index in [1.165, 1.54) is 0 Å². The highest BCUT2D eigenvalue weighted by Crippen LogP contribution is 2.21. The Labute approximate surface area is 92.8 Å². The Morgan fingerprint density at radius 2 is 1.62 bits per heavy atom. The van der Waals surface area contributed by atoms with Gasteiger partial charge in [-0.25, -0.2) is 9.59 Å². The highest BCUT2D eigenvalue weighted by atomic mass is 16.4. The lowest BCUT2D eigenvalue weighted by Gasteiger charge is -2.06. The molecule has 0 aliphatic heterocycles. The molecule has 0 aromatic heterocycles. The van der Waals surface area contributed by atoms with Crippen molar-refractivity contribution in [3.8, 4) is 0 Å². The number of carbonyl (C=O) groups is 2. The molecule has 1 aromatic carbocycles. The van der Waals surface area contributed by atoms with Crippen LogP contribution in [0.15, 0.2) is 35.9 Å². The van der Waals surface area contributed by atoms with Crippen molar-refractivity contribution < 1.29 is 19.8 Å². The topological polar surface area (TPSA) is 74.6 Å². The summed E-state index contributed by atoms with van der Waals surface area (Å²) in [7, 11) is 0. The summed E-state index contributed by atoms with van der Waals surface area (Å²) in [5.41, 5.74) is 0.184. The van der Waals surface area contributed by atoms with Crippen LogP contribution >= 0.6 is 0 Å². The highest BCUT2D eigenvalue weighted by molar-refractivity contribution is 6.21. The lowest BCUT2D eigenvalue weighted by atomic mass is 9.98. The Bertz CT molecular complexity index is 432. The summed E-state index contributed by atoms with van der Waals surface area (Å²) in [4.78, 5) is 22.0. The fourth-order valence-corrected chi connectivity index (χ4v) is 1.47. The summed E-state index contributed by atoms with van der Waals surface area (Å²) < 4.78 is 0. The fraction of sp³-hybridized carbons (Fsp3) is 0.167. The molecule has 1 aromatic rings. The third-order valence-electron chi connectivity index (χ3n) is 2.19. The second-order valence-corrected chi connectivity index (χ2v) is 3.18. The molecule has 1 rings (SSSR count). The van der Waals surface area contributed by atoms with E-state index < -0.39 is 11.9 Å². The van der Waals surface area contributed by atoms with Gasteiger partial charge in [0.05, 0.1) is 11.1 Å². The first kappa shape index (κ1) is 12.0. The standard InChI is InChI=1S/C12H12O4/c1-2-9(11(13)14)10(12(15)16)8-6-4-3-5-7-8/h3-7H,2H2,1H3,(H,13,14)(H,15,16)/b10-9-. The predicted molar refractivity (Wildman–Crippen MR) is 58.9 cm³/mol. The average Bonchev–Trinajstić information content (AvgIpc) is 2.25. The quantitative estimate of drug-likeness (QED) is 0.761. The zero-order chi connectivity index (χ0) is 12.1. The van der Waals surface area contributed by atoms with E-state index in [9.17, 15) is 9.59 Å². The molecule has 0 saturated carbocycles. The Kier molecular flexibility index (Phi) is 3.83. The van der Waals surface area contributed by atoms with E-state index >= 15 is 0 Å². The van der Waals surface area contributed by atoms with Gasteiger partial charge < -0.3 is 10.2 Å². The number of carboxylic acids is 2. The second kappa shape index (κ2) is 5.11. The summed E-state index contributed by atoms with van der Waals surface area (Å²) >= 11 is 0. The van der Waals surface area contributed by atoms with Crippen LogP contribution in [-0.2, 0) is 9.59 Å². The summed E-state index contributed by atoms with van der Waals surface area (Å²) in [5, 5.41) is 18.0. The predicted octanol–water partition coefficient (Wildman–Crippen LogP) is 2.02. The van der Waals surface area contributed by atoms with Crippen molar-refractivity contribution in [1.82, 2.24) is 0 Å². The average molecular weight is 220 g/mol. The van der Waals surface area contributed by atoms with E-state index in [2.05, 4.69) is 0 Å². The van der Waals surface area contributed by atoms with Crippen LogP contribution in [-0.4, -0.2) is 22.2 Å². The Morgan fingerprint density at radius 1 is 1.06 bits per heavy atom. The van der Waals surface area contributed by atoms with Crippen molar-refractivity contribution in [2.24, 2.45) is 0 Å². The number of rotatable bonds is 4. The van der Waals surface area contributed by atoms with Crippen molar-refractivity contribution in [1.29, 1.82) is 0 Å². The van der Waals surface area contributed by atoms with Gasteiger partial charge in [-0.05, 0) is 12.0 Å². The van der Waals surface area contributed by atoms with Gasteiger partial charge in [-0.2, -0.15) is 0 Å². The minimum Gasteiger partial charge on any atom is -0.478 e. The molecule has 84 valence electrons. The summed E-state index contributed by atoms with van der Waals surface area (Å²) in [6, 6.07) is 8.26. The van der Waals surface area contributed by atoms with E-state index in [4.69, 9.17) is 10.2 Å². The lowest BCUT2D eigenvalue weighted by molar-refractivity contribution is -0.134. The third kappa shape index (κ3) is 2.48. The van der Waals surface area contributed by atoms with Gasteiger partial charge in [-0.15, -0.1) is 0 Å². The molecule has 0 spiro atoms. The van der Waals surface area contributed by atoms with Crippen LogP contribution < -0.4 is 0 Å². The molecule has 0 aliphatic carbocycles. The molecule has 0 fully saturated rings. The molecule has 0 radical (unpaired) electrons. The zero-order valence-electron chi connectivity index (χ0n) is 8.80. The zero-order valence-corrected chi connectivity index (χ0v) is 8.80. The first-order chi connectivity index (χ1) is 7.57. The van der Waals surface area contributed by atoms with E-state index in [0.29, 0.717) is 5.56 Å². The molecule has 0 amide bonds. The monoisotopic (exact) mass is 220 g/mol. The van der Waals surface area contributed by atoms with E-state index in [1.54, 1.807) is 37.3 Å². The van der Waals surface area contributed by atoms with Crippen molar-refractivity contribution >= 4 is 17.5 Å². The normalized spacial score (nSPS) is 11.8. The maximum Gasteiger partial charge on any atom is 0.336 e. The molecule has 0 aliphatic rings. The van der Waals surface area contributed by atoms with E-state index in [-0.39, 0.29) is 17.6 Å². The van der Waals surface area contributed by atoms with Crippen LogP contribution in [0.5, 0.6) is 0 Å². The van der Waals surface area contributed by atoms with Gasteiger partial charge in [-0.3, -0.25) is 0 Å². The van der Waals surface area contributed by atoms with Gasteiger partial charge in [0.1, 0.15) is 0 Å². The number of benzene rings is 1. The van der Waals surface area contributed by atoms with Gasteiger partial charge in [0.25, 0.3) is 0 Å². The minimum atomic E-state index is -1.22. The van der Waals surface area contributed by atoms with Crippen molar-refractivity contribution in [2.45, 2.75) is 13.3 Å². The molecule has 0 heterocycles. The first-order valence-electron chi connectivity index (χ1n) is 4.83. The molecule has 0 unspecified atom stereocenters. The smallest absolute Gasteiger partial charge is 0.336 e. The third-order valence-corrected chi connectivity index (χ3v) is 2.19. The molecule has 4 nitrogen and oxygen atoms in total. The molecular weight excluding hydrogens is 208 g/mol. The largest absolute Gasteiger partial charge is 0.478 e. The van der Waals surface area contributed by atoms with Crippen molar-refractivity contribution in [2.75, 3.05) is 0 Å². The highest BCUT2D eigenvalue weighted by Gasteiger charge is 2.19. The van der Waals surface area contributed by atoms with Gasteiger partial charge in [0, 0.05) is 0 Å². The second-order valence-electron chi connectivity index (χ2n) is 3.18. The van der Waals surface area contributed by atoms with Crippen molar-refractivity contribution in [3.05, 3.63) is 41.5 Å². The SMILES string of the molecule is CC/C(C(=O)O)=C(/C(=O)O)c1ccccc1. The maximum atomic E-state index is 11.1. The molecule has 0 bridgehead atoms. The fourth-order valence-electron chi connectivity index (χ4n) is 1.47. The minimum absolute atomic E-state index is 0.0845. The van der Waals surface area contributed by atoms with E-state index in [1.807, 2.05) is 0 Å². The van der Waals surface area contributed by atoms with Crippen LogP contribution in [0.25, 0.3) is 5.57 Å². The number of hydrogen-bond donors (Lipinski definition) is 2. The van der Waals surface area contributed by atoms with Crippen LogP contribution in [0, 0.1) is 0 Å². The van der Waals surface area contributed by atoms with Crippen LogP contribution in [0.4, 0.5) is 0 Å². The van der Waals surface area contributed by atoms with Crippen molar-refractivity contribution in [3.63, 3.8) is 0 Å².